The van der Waals surface area contributed by atoms with E-state index in [1.807, 2.05) is 17.6 Å². The van der Waals surface area contributed by atoms with Gasteiger partial charge in [-0.1, -0.05) is 11.6 Å². The number of benzene rings is 1. The van der Waals surface area contributed by atoms with Crippen molar-refractivity contribution in [2.75, 3.05) is 0 Å². The van der Waals surface area contributed by atoms with Crippen molar-refractivity contribution in [1.82, 2.24) is 4.98 Å². The molecule has 0 aliphatic rings. The molecule has 0 N–H and O–H groups in total. The van der Waals surface area contributed by atoms with E-state index in [2.05, 4.69) is 18.0 Å². The van der Waals surface area contributed by atoms with Gasteiger partial charge in [-0.25, -0.2) is 0 Å². The monoisotopic (exact) mass is 199 g/mol. The van der Waals surface area contributed by atoms with Crippen LogP contribution >= 0.6 is 11.3 Å². The van der Waals surface area contributed by atoms with Crippen LogP contribution in [0.25, 0.3) is 10.2 Å². The van der Waals surface area contributed by atoms with Gasteiger partial charge in [0.15, 0.2) is 0 Å². The summed E-state index contributed by atoms with van der Waals surface area (Å²) in [6.45, 7) is 2.07. The standard InChI is InChI=1S/C8H6NS.V/c1-6-3-2-4-7-8(6)9-5-10-7;/h2-3,5H,1H3;/q-1;. The molecule has 2 aromatic rings. The van der Waals surface area contributed by atoms with E-state index >= 15 is 0 Å². The normalized spacial score (nSPS) is 9.55. The fourth-order valence-electron chi connectivity index (χ4n) is 0.951. The van der Waals surface area contributed by atoms with Gasteiger partial charge in [0.1, 0.15) is 0 Å². The van der Waals surface area contributed by atoms with Crippen LogP contribution in [0.3, 0.4) is 0 Å². The molecule has 0 saturated heterocycles. The van der Waals surface area contributed by atoms with Crippen LogP contribution in [0.5, 0.6) is 0 Å². The van der Waals surface area contributed by atoms with Gasteiger partial charge in [-0.2, -0.15) is 29.5 Å². The predicted molar refractivity (Wildman–Crippen MR) is 43.2 cm³/mol. The van der Waals surface area contributed by atoms with Crippen LogP contribution in [-0.2, 0) is 18.6 Å². The average molecular weight is 199 g/mol. The molecule has 1 aromatic carbocycles. The second kappa shape index (κ2) is 3.39. The van der Waals surface area contributed by atoms with E-state index < -0.39 is 0 Å². The van der Waals surface area contributed by atoms with Crippen molar-refractivity contribution < 1.29 is 18.6 Å². The van der Waals surface area contributed by atoms with Crippen molar-refractivity contribution >= 4 is 21.6 Å². The number of fused-ring (bicyclic) bond motifs is 1. The Morgan fingerprint density at radius 2 is 2.36 bits per heavy atom. The third-order valence-electron chi connectivity index (χ3n) is 1.49. The Morgan fingerprint density at radius 3 is 3.09 bits per heavy atom. The Hall–Kier alpha value is -0.306. The van der Waals surface area contributed by atoms with E-state index in [1.54, 1.807) is 11.3 Å². The Balaban J connectivity index is 0.000000605. The maximum absolute atomic E-state index is 4.21. The van der Waals surface area contributed by atoms with Crippen LogP contribution < -0.4 is 0 Å². The Morgan fingerprint density at radius 1 is 1.55 bits per heavy atom. The molecule has 3 heteroatoms. The maximum Gasteiger partial charge on any atom is 0.0634 e. The van der Waals surface area contributed by atoms with Gasteiger partial charge in [-0.3, -0.25) is 0 Å². The van der Waals surface area contributed by atoms with E-state index in [4.69, 9.17) is 0 Å². The fraction of sp³-hybridized carbons (Fsp3) is 0.125. The largest absolute Gasteiger partial charge is 0.309 e. The summed E-state index contributed by atoms with van der Waals surface area (Å²) in [7, 11) is 0. The molecule has 0 fully saturated rings. The molecule has 0 bridgehead atoms. The summed E-state index contributed by atoms with van der Waals surface area (Å²) < 4.78 is 1.15. The Bertz CT molecular complexity index is 356. The summed E-state index contributed by atoms with van der Waals surface area (Å²) in [4.78, 5) is 4.21. The number of aromatic nitrogens is 1. The maximum atomic E-state index is 4.21. The van der Waals surface area contributed by atoms with Crippen molar-refractivity contribution in [2.45, 2.75) is 6.92 Å². The van der Waals surface area contributed by atoms with Gasteiger partial charge in [0.25, 0.3) is 0 Å². The van der Waals surface area contributed by atoms with E-state index in [0.717, 1.165) is 10.2 Å². The molecular formula is C8H6NSV-. The number of hydrogen-bond donors (Lipinski definition) is 0. The number of rotatable bonds is 0. The molecule has 0 aliphatic heterocycles. The second-order valence-electron chi connectivity index (χ2n) is 2.19. The summed E-state index contributed by atoms with van der Waals surface area (Å²) in [6, 6.07) is 7.10. The summed E-state index contributed by atoms with van der Waals surface area (Å²) in [5.74, 6) is 0. The van der Waals surface area contributed by atoms with Crippen LogP contribution in [0.4, 0.5) is 0 Å². The van der Waals surface area contributed by atoms with Gasteiger partial charge in [0.2, 0.25) is 0 Å². The van der Waals surface area contributed by atoms with Crippen molar-refractivity contribution in [3.05, 3.63) is 29.3 Å². The van der Waals surface area contributed by atoms with Crippen molar-refractivity contribution in [2.24, 2.45) is 0 Å². The summed E-state index contributed by atoms with van der Waals surface area (Å²) in [5.41, 5.74) is 4.18. The van der Waals surface area contributed by atoms with Gasteiger partial charge >= 0.3 is 0 Å². The minimum atomic E-state index is 0. The third kappa shape index (κ3) is 1.48. The number of nitrogens with zero attached hydrogens (tertiary/aromatic N) is 1. The van der Waals surface area contributed by atoms with Gasteiger partial charge in [-0.15, -0.1) is 5.56 Å². The molecule has 0 aliphatic carbocycles. The summed E-state index contributed by atoms with van der Waals surface area (Å²) in [5, 5.41) is 0. The molecule has 1 nitrogen and oxygen atoms in total. The van der Waals surface area contributed by atoms with Gasteiger partial charge < -0.3 is 4.98 Å². The average Bonchev–Trinajstić information content (AvgIpc) is 2.36. The fourth-order valence-corrected chi connectivity index (χ4v) is 1.68. The quantitative estimate of drug-likeness (QED) is 0.593. The first-order valence-corrected chi connectivity index (χ1v) is 3.96. The molecule has 0 spiro atoms. The van der Waals surface area contributed by atoms with Crippen LogP contribution in [0.2, 0.25) is 0 Å². The smallest absolute Gasteiger partial charge is 0.0634 e. The molecule has 0 unspecified atom stereocenters. The van der Waals surface area contributed by atoms with Crippen LogP contribution in [-0.4, -0.2) is 4.98 Å². The van der Waals surface area contributed by atoms with Crippen molar-refractivity contribution in [3.63, 3.8) is 0 Å². The zero-order chi connectivity index (χ0) is 6.97. The predicted octanol–water partition coefficient (Wildman–Crippen LogP) is 2.40. The molecular weight excluding hydrogens is 193 g/mol. The first-order chi connectivity index (χ1) is 4.88. The van der Waals surface area contributed by atoms with Gasteiger partial charge in [0.05, 0.1) is 5.51 Å². The summed E-state index contributed by atoms with van der Waals surface area (Å²) >= 11 is 1.63. The van der Waals surface area contributed by atoms with E-state index in [9.17, 15) is 0 Å². The zero-order valence-electron chi connectivity index (χ0n) is 6.03. The van der Waals surface area contributed by atoms with Crippen molar-refractivity contribution in [1.29, 1.82) is 0 Å². The Kier molecular flexibility index (Phi) is 2.71. The molecule has 1 radical (unpaired) electrons. The topological polar surface area (TPSA) is 12.9 Å². The van der Waals surface area contributed by atoms with Crippen LogP contribution in [0, 0.1) is 13.0 Å². The second-order valence-corrected chi connectivity index (χ2v) is 3.05. The first-order valence-electron chi connectivity index (χ1n) is 3.08. The summed E-state index contributed by atoms with van der Waals surface area (Å²) in [6.07, 6.45) is 0. The van der Waals surface area contributed by atoms with Crippen LogP contribution in [0.15, 0.2) is 17.6 Å². The van der Waals surface area contributed by atoms with E-state index in [-0.39, 0.29) is 18.6 Å². The molecule has 0 amide bonds. The first kappa shape index (κ1) is 8.79. The molecule has 55 valence electrons. The number of hydrogen-bond acceptors (Lipinski definition) is 2. The van der Waals surface area contributed by atoms with E-state index in [1.165, 1.54) is 5.56 Å². The minimum Gasteiger partial charge on any atom is -0.309 e. The molecule has 2 rings (SSSR count). The van der Waals surface area contributed by atoms with E-state index in [0.29, 0.717) is 0 Å². The number of thiazole rings is 1. The van der Waals surface area contributed by atoms with Crippen LogP contribution in [0.1, 0.15) is 5.56 Å². The zero-order valence-corrected chi connectivity index (χ0v) is 8.25. The molecule has 11 heavy (non-hydrogen) atoms. The van der Waals surface area contributed by atoms with Gasteiger partial charge in [-0.05, 0) is 5.52 Å². The van der Waals surface area contributed by atoms with Gasteiger partial charge in [0, 0.05) is 18.6 Å². The third-order valence-corrected chi connectivity index (χ3v) is 2.25. The SMILES string of the molecule is Cc1cc[c-]c2scnc12.[V]. The van der Waals surface area contributed by atoms with Crippen molar-refractivity contribution in [3.8, 4) is 0 Å². The molecule has 1 aromatic heterocycles. The molecule has 1 heterocycles. The molecule has 0 saturated carbocycles. The molecule has 0 atom stereocenters. The number of aryl methyl sites for hydroxylation is 1. The minimum absolute atomic E-state index is 0. The Labute approximate surface area is 81.3 Å².